The quantitative estimate of drug-likeness (QED) is 0.782. The highest BCUT2D eigenvalue weighted by molar-refractivity contribution is 9.10. The second kappa shape index (κ2) is 6.14. The molecular formula is C13H13Br2NS. The van der Waals surface area contributed by atoms with Crippen molar-refractivity contribution in [2.24, 2.45) is 0 Å². The molecule has 2 aromatic rings. The van der Waals surface area contributed by atoms with Crippen LogP contribution in [0, 0.1) is 0 Å². The van der Waals surface area contributed by atoms with E-state index in [1.165, 1.54) is 14.9 Å². The van der Waals surface area contributed by atoms with E-state index in [0.29, 0.717) is 6.04 Å². The fourth-order valence-electron chi connectivity index (χ4n) is 1.57. The van der Waals surface area contributed by atoms with Crippen molar-refractivity contribution in [3.8, 4) is 0 Å². The van der Waals surface area contributed by atoms with Gasteiger partial charge in [-0.2, -0.15) is 0 Å². The number of benzene rings is 1. The summed E-state index contributed by atoms with van der Waals surface area (Å²) in [7, 11) is 0. The van der Waals surface area contributed by atoms with Gasteiger partial charge in [-0.05, 0) is 52.0 Å². The van der Waals surface area contributed by atoms with Gasteiger partial charge < -0.3 is 5.32 Å². The molecule has 0 fully saturated rings. The first kappa shape index (κ1) is 13.3. The lowest BCUT2D eigenvalue weighted by molar-refractivity contribution is 0.578. The average Bonchev–Trinajstić information content (AvgIpc) is 2.73. The number of nitrogens with one attached hydrogen (secondary N) is 1. The van der Waals surface area contributed by atoms with Gasteiger partial charge in [-0.15, -0.1) is 11.3 Å². The molecule has 90 valence electrons. The Kier molecular flexibility index (Phi) is 4.79. The van der Waals surface area contributed by atoms with E-state index in [9.17, 15) is 0 Å². The van der Waals surface area contributed by atoms with E-state index in [0.717, 1.165) is 11.0 Å². The van der Waals surface area contributed by atoms with Crippen molar-refractivity contribution in [1.82, 2.24) is 5.32 Å². The van der Waals surface area contributed by atoms with Crippen LogP contribution >= 0.6 is 43.2 Å². The molecule has 1 aromatic carbocycles. The molecule has 0 radical (unpaired) electrons. The fourth-order valence-corrected chi connectivity index (χ4v) is 3.27. The van der Waals surface area contributed by atoms with Crippen LogP contribution in [0.15, 0.2) is 44.7 Å². The normalized spacial score (nSPS) is 12.6. The molecule has 0 aliphatic heterocycles. The van der Waals surface area contributed by atoms with Gasteiger partial charge in [0.2, 0.25) is 0 Å². The number of rotatable bonds is 4. The molecule has 1 atom stereocenters. The van der Waals surface area contributed by atoms with Crippen molar-refractivity contribution in [3.63, 3.8) is 0 Å². The predicted octanol–water partition coefficient (Wildman–Crippen LogP) is 5.12. The molecule has 1 heterocycles. The maximum Gasteiger partial charge on any atom is 0.0327 e. The summed E-state index contributed by atoms with van der Waals surface area (Å²) >= 11 is 8.77. The largest absolute Gasteiger partial charge is 0.305 e. The highest BCUT2D eigenvalue weighted by Gasteiger charge is 2.06. The summed E-state index contributed by atoms with van der Waals surface area (Å²) < 4.78 is 2.31. The third-order valence-electron chi connectivity index (χ3n) is 2.63. The lowest BCUT2D eigenvalue weighted by atomic mass is 10.1. The minimum atomic E-state index is 0.358. The Labute approximate surface area is 123 Å². The summed E-state index contributed by atoms with van der Waals surface area (Å²) in [4.78, 5) is 1.34. The van der Waals surface area contributed by atoms with Crippen LogP contribution in [-0.2, 0) is 6.54 Å². The van der Waals surface area contributed by atoms with Gasteiger partial charge in [0, 0.05) is 26.4 Å². The molecule has 2 rings (SSSR count). The fraction of sp³-hybridized carbons (Fsp3) is 0.231. The zero-order valence-corrected chi connectivity index (χ0v) is 13.4. The maximum atomic E-state index is 3.55. The van der Waals surface area contributed by atoms with Gasteiger partial charge >= 0.3 is 0 Å². The SMILES string of the molecule is C[C@@H](NCc1sccc1Br)c1ccc(Br)cc1. The standard InChI is InChI=1S/C13H13Br2NS/c1-9(10-2-4-11(14)5-3-10)16-8-13-12(15)6-7-17-13/h2-7,9,16H,8H2,1H3/t9-/m1/s1. The van der Waals surface area contributed by atoms with E-state index in [4.69, 9.17) is 0 Å². The van der Waals surface area contributed by atoms with E-state index in [1.54, 1.807) is 11.3 Å². The number of thiophene rings is 1. The molecule has 0 bridgehead atoms. The molecule has 0 unspecified atom stereocenters. The van der Waals surface area contributed by atoms with Crippen molar-refractivity contribution >= 4 is 43.2 Å². The highest BCUT2D eigenvalue weighted by atomic mass is 79.9. The van der Waals surface area contributed by atoms with E-state index < -0.39 is 0 Å². The van der Waals surface area contributed by atoms with Crippen LogP contribution in [0.25, 0.3) is 0 Å². The monoisotopic (exact) mass is 373 g/mol. The second-order valence-electron chi connectivity index (χ2n) is 3.85. The third-order valence-corrected chi connectivity index (χ3v) is 5.08. The lowest BCUT2D eigenvalue weighted by Gasteiger charge is -2.13. The van der Waals surface area contributed by atoms with Crippen LogP contribution in [0.1, 0.15) is 23.4 Å². The summed E-state index contributed by atoms with van der Waals surface area (Å²) in [5.74, 6) is 0. The zero-order valence-electron chi connectivity index (χ0n) is 9.41. The molecule has 1 nitrogen and oxygen atoms in total. The Morgan fingerprint density at radius 2 is 1.88 bits per heavy atom. The summed E-state index contributed by atoms with van der Waals surface area (Å²) in [6.45, 7) is 3.08. The number of hydrogen-bond acceptors (Lipinski definition) is 2. The highest BCUT2D eigenvalue weighted by Crippen LogP contribution is 2.23. The molecule has 1 aromatic heterocycles. The molecule has 0 spiro atoms. The van der Waals surface area contributed by atoms with Gasteiger partial charge in [0.25, 0.3) is 0 Å². The number of halogens is 2. The van der Waals surface area contributed by atoms with Crippen molar-refractivity contribution in [1.29, 1.82) is 0 Å². The Morgan fingerprint density at radius 1 is 1.18 bits per heavy atom. The van der Waals surface area contributed by atoms with Gasteiger partial charge in [-0.1, -0.05) is 28.1 Å². The van der Waals surface area contributed by atoms with Gasteiger partial charge in [-0.3, -0.25) is 0 Å². The first-order valence-corrected chi connectivity index (χ1v) is 7.84. The van der Waals surface area contributed by atoms with Crippen molar-refractivity contribution < 1.29 is 0 Å². The van der Waals surface area contributed by atoms with Crippen LogP contribution in [0.4, 0.5) is 0 Å². The van der Waals surface area contributed by atoms with Crippen LogP contribution < -0.4 is 5.32 Å². The van der Waals surface area contributed by atoms with Crippen LogP contribution in [-0.4, -0.2) is 0 Å². The van der Waals surface area contributed by atoms with Gasteiger partial charge in [0.15, 0.2) is 0 Å². The Bertz CT molecular complexity index is 478. The lowest BCUT2D eigenvalue weighted by Crippen LogP contribution is -2.17. The second-order valence-corrected chi connectivity index (χ2v) is 6.62. The maximum absolute atomic E-state index is 3.55. The van der Waals surface area contributed by atoms with Gasteiger partial charge in [0.05, 0.1) is 0 Å². The third kappa shape index (κ3) is 3.65. The Hall–Kier alpha value is -0.160. The van der Waals surface area contributed by atoms with E-state index in [1.807, 2.05) is 0 Å². The molecule has 4 heteroatoms. The Morgan fingerprint density at radius 3 is 2.47 bits per heavy atom. The summed E-state index contributed by atoms with van der Waals surface area (Å²) in [5, 5.41) is 5.63. The summed E-state index contributed by atoms with van der Waals surface area (Å²) in [6.07, 6.45) is 0. The summed E-state index contributed by atoms with van der Waals surface area (Å²) in [6, 6.07) is 10.9. The van der Waals surface area contributed by atoms with Crippen LogP contribution in [0.5, 0.6) is 0 Å². The minimum absolute atomic E-state index is 0.358. The van der Waals surface area contributed by atoms with Gasteiger partial charge in [-0.25, -0.2) is 0 Å². The van der Waals surface area contributed by atoms with Gasteiger partial charge in [0.1, 0.15) is 0 Å². The topological polar surface area (TPSA) is 12.0 Å². The predicted molar refractivity (Wildman–Crippen MR) is 81.4 cm³/mol. The molecule has 0 aliphatic carbocycles. The molecule has 1 N–H and O–H groups in total. The smallest absolute Gasteiger partial charge is 0.0327 e. The molecule has 0 aliphatic rings. The van der Waals surface area contributed by atoms with Crippen molar-refractivity contribution in [2.75, 3.05) is 0 Å². The summed E-state index contributed by atoms with van der Waals surface area (Å²) in [5.41, 5.74) is 1.31. The molecular weight excluding hydrogens is 362 g/mol. The first-order valence-electron chi connectivity index (χ1n) is 5.37. The molecule has 0 amide bonds. The van der Waals surface area contributed by atoms with Crippen LogP contribution in [0.2, 0.25) is 0 Å². The zero-order chi connectivity index (χ0) is 12.3. The molecule has 17 heavy (non-hydrogen) atoms. The minimum Gasteiger partial charge on any atom is -0.305 e. The van der Waals surface area contributed by atoms with Crippen molar-refractivity contribution in [2.45, 2.75) is 19.5 Å². The molecule has 0 saturated heterocycles. The van der Waals surface area contributed by atoms with Crippen molar-refractivity contribution in [3.05, 3.63) is 55.1 Å². The van der Waals surface area contributed by atoms with Crippen LogP contribution in [0.3, 0.4) is 0 Å². The first-order chi connectivity index (χ1) is 8.16. The van der Waals surface area contributed by atoms with E-state index in [2.05, 4.69) is 79.8 Å². The van der Waals surface area contributed by atoms with E-state index >= 15 is 0 Å². The molecule has 0 saturated carbocycles. The van der Waals surface area contributed by atoms with E-state index in [-0.39, 0.29) is 0 Å². The average molecular weight is 375 g/mol. The number of hydrogen-bond donors (Lipinski definition) is 1. The Balaban J connectivity index is 1.95.